The van der Waals surface area contributed by atoms with Crippen molar-refractivity contribution in [2.45, 2.75) is 51.8 Å². The number of alkyl halides is 1. The molecule has 4 amide bonds. The van der Waals surface area contributed by atoms with E-state index in [0.717, 1.165) is 0 Å². The number of halogens is 1. The van der Waals surface area contributed by atoms with E-state index in [0.29, 0.717) is 50.4 Å². The average molecular weight is 617 g/mol. The maximum atomic E-state index is 13.1. The van der Waals surface area contributed by atoms with E-state index < -0.39 is 23.9 Å². The van der Waals surface area contributed by atoms with Gasteiger partial charge in [0, 0.05) is 18.7 Å². The van der Waals surface area contributed by atoms with Crippen molar-refractivity contribution in [2.24, 2.45) is 11.7 Å². The Morgan fingerprint density at radius 1 is 0.949 bits per heavy atom. The Labute approximate surface area is 238 Å². The first kappa shape index (κ1) is 34.4. The molecule has 0 saturated carbocycles. The molecular formula is C26H42BrN5O7. The summed E-state index contributed by atoms with van der Waals surface area (Å²) in [6.07, 6.45) is 0.909. The molecule has 1 aromatic rings. The van der Waals surface area contributed by atoms with Crippen LogP contribution in [0.5, 0.6) is 0 Å². The largest absolute Gasteiger partial charge is 0.392 e. The van der Waals surface area contributed by atoms with E-state index in [1.54, 1.807) is 38.1 Å². The lowest BCUT2D eigenvalue weighted by Gasteiger charge is -2.25. The third-order valence-corrected chi connectivity index (χ3v) is 6.04. The predicted octanol–water partition coefficient (Wildman–Crippen LogP) is 0.416. The number of aliphatic hydroxyl groups is 1. The third kappa shape index (κ3) is 15.0. The van der Waals surface area contributed by atoms with Crippen LogP contribution in [-0.2, 0) is 35.3 Å². The maximum Gasteiger partial charge on any atom is 0.246 e. The molecule has 2 atom stereocenters. The lowest BCUT2D eigenvalue weighted by atomic mass is 10.0. The highest BCUT2D eigenvalue weighted by Gasteiger charge is 2.28. The van der Waals surface area contributed by atoms with Gasteiger partial charge in [0.15, 0.2) is 0 Å². The highest BCUT2D eigenvalue weighted by atomic mass is 79.9. The second-order valence-corrected chi connectivity index (χ2v) is 9.64. The van der Waals surface area contributed by atoms with Crippen LogP contribution in [-0.4, -0.2) is 85.7 Å². The van der Waals surface area contributed by atoms with Crippen LogP contribution in [0.25, 0.3) is 0 Å². The Morgan fingerprint density at radius 3 is 2.21 bits per heavy atom. The highest BCUT2D eigenvalue weighted by molar-refractivity contribution is 9.09. The number of hydrogen-bond acceptors (Lipinski definition) is 8. The summed E-state index contributed by atoms with van der Waals surface area (Å²) in [5, 5.41) is 20.3. The summed E-state index contributed by atoms with van der Waals surface area (Å²) in [6.45, 7) is 5.37. The van der Waals surface area contributed by atoms with E-state index >= 15 is 0 Å². The lowest BCUT2D eigenvalue weighted by Crippen LogP contribution is -2.54. The molecule has 0 heterocycles. The van der Waals surface area contributed by atoms with Gasteiger partial charge in [-0.05, 0) is 43.0 Å². The Balaban J connectivity index is 2.51. The Kier molecular flexibility index (Phi) is 18.0. The topological polar surface area (TPSA) is 181 Å². The van der Waals surface area contributed by atoms with Gasteiger partial charge in [-0.2, -0.15) is 0 Å². The molecule has 0 saturated heterocycles. The minimum absolute atomic E-state index is 0.0543. The number of anilines is 1. The van der Waals surface area contributed by atoms with Crippen molar-refractivity contribution in [3.05, 3.63) is 29.8 Å². The van der Waals surface area contributed by atoms with Gasteiger partial charge in [0.25, 0.3) is 0 Å². The molecule has 0 aliphatic carbocycles. The fraction of sp³-hybridized carbons (Fsp3) is 0.615. The molecular weight excluding hydrogens is 574 g/mol. The van der Waals surface area contributed by atoms with Crippen molar-refractivity contribution in [2.75, 3.05) is 50.2 Å². The van der Waals surface area contributed by atoms with Crippen molar-refractivity contribution >= 4 is 45.2 Å². The fourth-order valence-electron chi connectivity index (χ4n) is 3.35. The molecule has 39 heavy (non-hydrogen) atoms. The van der Waals surface area contributed by atoms with Crippen LogP contribution in [0.15, 0.2) is 24.3 Å². The number of benzene rings is 1. The highest BCUT2D eigenvalue weighted by Crippen LogP contribution is 2.12. The minimum atomic E-state index is -0.840. The number of nitrogens with two attached hydrogens (primary N) is 1. The molecule has 0 aromatic heterocycles. The average Bonchev–Trinajstić information content (AvgIpc) is 2.92. The van der Waals surface area contributed by atoms with E-state index in [2.05, 4.69) is 37.2 Å². The molecule has 0 spiro atoms. The standard InChI is InChI=1S/C26H42BrN5O7/c1-18(2)24(32-22(34)9-12-38-14-15-39-13-11-29-23(35)16-27)26(37)31-21(4-3-10-28)25(36)30-20-7-5-19(17-33)6-8-20/h5-8,18,21,24,33H,3-4,9-17,28H2,1-2H3,(H,29,35)(H,30,36)(H,31,37)(H,32,34). The van der Waals surface area contributed by atoms with E-state index in [1.807, 2.05) is 0 Å². The van der Waals surface area contributed by atoms with Crippen molar-refractivity contribution in [3.63, 3.8) is 0 Å². The zero-order chi connectivity index (χ0) is 29.0. The Hall–Kier alpha value is -2.58. The van der Waals surface area contributed by atoms with Crippen LogP contribution >= 0.6 is 15.9 Å². The summed E-state index contributed by atoms with van der Waals surface area (Å²) in [6, 6.07) is 5.04. The Bertz CT molecular complexity index is 886. The van der Waals surface area contributed by atoms with E-state index in [1.165, 1.54) is 0 Å². The molecule has 0 aliphatic rings. The molecule has 1 aromatic carbocycles. The van der Waals surface area contributed by atoms with Crippen molar-refractivity contribution < 1.29 is 33.8 Å². The summed E-state index contributed by atoms with van der Waals surface area (Å²) in [5.74, 6) is -1.56. The van der Waals surface area contributed by atoms with Crippen molar-refractivity contribution in [1.82, 2.24) is 16.0 Å². The van der Waals surface area contributed by atoms with E-state index in [4.69, 9.17) is 15.2 Å². The smallest absolute Gasteiger partial charge is 0.246 e. The molecule has 1 rings (SSSR count). The number of rotatable bonds is 20. The van der Waals surface area contributed by atoms with Gasteiger partial charge in [-0.1, -0.05) is 41.9 Å². The lowest BCUT2D eigenvalue weighted by molar-refractivity contribution is -0.132. The SMILES string of the molecule is CC(C)C(NC(=O)CCOCCOCCNC(=O)CBr)C(=O)NC(CCCN)C(=O)Nc1ccc(CO)cc1. The Morgan fingerprint density at radius 2 is 1.62 bits per heavy atom. The van der Waals surface area contributed by atoms with Crippen molar-refractivity contribution in [3.8, 4) is 0 Å². The summed E-state index contributed by atoms with van der Waals surface area (Å²) in [4.78, 5) is 49.5. The summed E-state index contributed by atoms with van der Waals surface area (Å²) < 4.78 is 10.7. The van der Waals surface area contributed by atoms with Gasteiger partial charge in [-0.3, -0.25) is 19.2 Å². The number of carbonyl (C=O) groups excluding carboxylic acids is 4. The molecule has 0 fully saturated rings. The first-order valence-electron chi connectivity index (χ1n) is 13.0. The van der Waals surface area contributed by atoms with Gasteiger partial charge < -0.3 is 41.6 Å². The summed E-state index contributed by atoms with van der Waals surface area (Å²) >= 11 is 3.05. The number of hydrogen-bond donors (Lipinski definition) is 6. The third-order valence-electron chi connectivity index (χ3n) is 5.53. The van der Waals surface area contributed by atoms with E-state index in [-0.39, 0.29) is 49.3 Å². The van der Waals surface area contributed by atoms with Gasteiger partial charge in [0.2, 0.25) is 23.6 Å². The molecule has 12 nitrogen and oxygen atoms in total. The van der Waals surface area contributed by atoms with E-state index in [9.17, 15) is 24.3 Å². The minimum Gasteiger partial charge on any atom is -0.392 e. The second-order valence-electron chi connectivity index (χ2n) is 9.08. The number of nitrogens with one attached hydrogen (secondary N) is 4. The summed E-state index contributed by atoms with van der Waals surface area (Å²) in [5.41, 5.74) is 6.86. The van der Waals surface area contributed by atoms with Crippen LogP contribution in [0, 0.1) is 5.92 Å². The number of ether oxygens (including phenoxy) is 2. The molecule has 13 heteroatoms. The van der Waals surface area contributed by atoms with Crippen LogP contribution in [0.3, 0.4) is 0 Å². The maximum absolute atomic E-state index is 13.1. The monoisotopic (exact) mass is 615 g/mol. The van der Waals surface area contributed by atoms with Crippen LogP contribution in [0.2, 0.25) is 0 Å². The number of aliphatic hydroxyl groups excluding tert-OH is 1. The van der Waals surface area contributed by atoms with Crippen LogP contribution in [0.1, 0.15) is 38.7 Å². The van der Waals surface area contributed by atoms with Gasteiger partial charge in [-0.15, -0.1) is 0 Å². The molecule has 2 unspecified atom stereocenters. The van der Waals surface area contributed by atoms with Crippen LogP contribution < -0.4 is 27.0 Å². The van der Waals surface area contributed by atoms with Crippen molar-refractivity contribution in [1.29, 1.82) is 0 Å². The van der Waals surface area contributed by atoms with Gasteiger partial charge in [0.05, 0.1) is 38.4 Å². The first-order chi connectivity index (χ1) is 18.7. The zero-order valence-corrected chi connectivity index (χ0v) is 24.3. The number of amides is 4. The van der Waals surface area contributed by atoms with Gasteiger partial charge >= 0.3 is 0 Å². The molecule has 0 bridgehead atoms. The summed E-state index contributed by atoms with van der Waals surface area (Å²) in [7, 11) is 0. The fourth-order valence-corrected chi connectivity index (χ4v) is 3.55. The van der Waals surface area contributed by atoms with Gasteiger partial charge in [0.1, 0.15) is 12.1 Å². The molecule has 0 aliphatic heterocycles. The van der Waals surface area contributed by atoms with Gasteiger partial charge in [-0.25, -0.2) is 0 Å². The van der Waals surface area contributed by atoms with Crippen LogP contribution in [0.4, 0.5) is 5.69 Å². The second kappa shape index (κ2) is 20.3. The molecule has 0 radical (unpaired) electrons. The quantitative estimate of drug-likeness (QED) is 0.0901. The normalized spacial score (nSPS) is 12.5. The number of carbonyl (C=O) groups is 4. The predicted molar refractivity (Wildman–Crippen MR) is 151 cm³/mol. The molecule has 7 N–H and O–H groups in total. The first-order valence-corrected chi connectivity index (χ1v) is 14.1. The zero-order valence-electron chi connectivity index (χ0n) is 22.7. The molecule has 220 valence electrons.